The molecule has 2 aromatic carbocycles. The fraction of sp³-hybridized carbons (Fsp3) is 0.235. The first-order chi connectivity index (χ1) is 11.3. The zero-order valence-electron chi connectivity index (χ0n) is 13.7. The van der Waals surface area contributed by atoms with E-state index in [4.69, 9.17) is 4.74 Å². The van der Waals surface area contributed by atoms with E-state index in [1.807, 2.05) is 6.92 Å². The number of benzene rings is 2. The number of nitrogens with one attached hydrogen (secondary N) is 1. The van der Waals surface area contributed by atoms with Crippen molar-refractivity contribution in [2.24, 2.45) is 0 Å². The molecule has 0 bridgehead atoms. The summed E-state index contributed by atoms with van der Waals surface area (Å²) in [5.41, 5.74) is 2.76. The molecule has 1 aliphatic rings. The molecule has 1 aliphatic heterocycles. The van der Waals surface area contributed by atoms with Crippen LogP contribution in [-0.2, 0) is 21.2 Å². The molecule has 6 nitrogen and oxygen atoms in total. The van der Waals surface area contributed by atoms with Gasteiger partial charge in [-0.05, 0) is 54.4 Å². The number of hydrogen-bond donors (Lipinski definition) is 1. The molecule has 0 aromatic heterocycles. The van der Waals surface area contributed by atoms with Gasteiger partial charge in [-0.25, -0.2) is 8.42 Å². The lowest BCUT2D eigenvalue weighted by atomic mass is 10.2. The van der Waals surface area contributed by atoms with E-state index in [9.17, 15) is 13.2 Å². The average Bonchev–Trinajstić information content (AvgIpc) is 2.81. The Kier molecular flexibility index (Phi) is 3.96. The van der Waals surface area contributed by atoms with Crippen LogP contribution in [0.25, 0.3) is 0 Å². The summed E-state index contributed by atoms with van der Waals surface area (Å²) in [7, 11) is -0.481. The molecule has 0 aliphatic carbocycles. The van der Waals surface area contributed by atoms with Gasteiger partial charge in [0.2, 0.25) is 5.91 Å². The molecule has 1 amide bonds. The maximum Gasteiger partial charge on any atom is 0.261 e. The predicted octanol–water partition coefficient (Wildman–Crippen LogP) is 2.32. The van der Waals surface area contributed by atoms with Gasteiger partial charge >= 0.3 is 0 Å². The van der Waals surface area contributed by atoms with Gasteiger partial charge in [-0.1, -0.05) is 0 Å². The molecular weight excluding hydrogens is 328 g/mol. The SMILES string of the molecule is COc1ccc(NS(=O)(=O)c2ccc3c(c2)CC(=O)N3C)cc1C. The molecule has 3 rings (SSSR count). The Balaban J connectivity index is 1.90. The molecule has 24 heavy (non-hydrogen) atoms. The summed E-state index contributed by atoms with van der Waals surface area (Å²) in [6.45, 7) is 1.84. The summed E-state index contributed by atoms with van der Waals surface area (Å²) in [5.74, 6) is 0.648. The van der Waals surface area contributed by atoms with Crippen LogP contribution in [0.2, 0.25) is 0 Å². The number of sulfonamides is 1. The summed E-state index contributed by atoms with van der Waals surface area (Å²) < 4.78 is 32.9. The van der Waals surface area contributed by atoms with Crippen molar-refractivity contribution in [3.63, 3.8) is 0 Å². The van der Waals surface area contributed by atoms with Crippen molar-refractivity contribution in [3.05, 3.63) is 47.5 Å². The van der Waals surface area contributed by atoms with Crippen LogP contribution in [0.15, 0.2) is 41.3 Å². The number of hydrogen-bond acceptors (Lipinski definition) is 4. The fourth-order valence-corrected chi connectivity index (χ4v) is 3.87. The lowest BCUT2D eigenvalue weighted by molar-refractivity contribution is -0.117. The average molecular weight is 346 g/mol. The molecule has 0 fully saturated rings. The van der Waals surface area contributed by atoms with E-state index < -0.39 is 10.0 Å². The summed E-state index contributed by atoms with van der Waals surface area (Å²) in [5, 5.41) is 0. The Labute approximate surface area is 141 Å². The number of methoxy groups -OCH3 is 1. The van der Waals surface area contributed by atoms with Crippen molar-refractivity contribution >= 4 is 27.3 Å². The summed E-state index contributed by atoms with van der Waals surface area (Å²) in [6.07, 6.45) is 0.219. The highest BCUT2D eigenvalue weighted by Gasteiger charge is 2.26. The molecule has 1 N–H and O–H groups in total. The van der Waals surface area contributed by atoms with Crippen LogP contribution in [0, 0.1) is 6.92 Å². The number of anilines is 2. The predicted molar refractivity (Wildman–Crippen MR) is 92.1 cm³/mol. The van der Waals surface area contributed by atoms with Crippen LogP contribution in [0.5, 0.6) is 5.75 Å². The minimum atomic E-state index is -3.73. The van der Waals surface area contributed by atoms with Crippen LogP contribution in [0.3, 0.4) is 0 Å². The van der Waals surface area contributed by atoms with Gasteiger partial charge in [0.1, 0.15) is 5.75 Å². The van der Waals surface area contributed by atoms with Crippen molar-refractivity contribution < 1.29 is 17.9 Å². The van der Waals surface area contributed by atoms with Crippen LogP contribution in [0.4, 0.5) is 11.4 Å². The first-order valence-corrected chi connectivity index (χ1v) is 8.87. The Bertz CT molecular complexity index is 922. The number of carbonyl (C=O) groups is 1. The first kappa shape index (κ1) is 16.3. The number of ether oxygens (including phenoxy) is 1. The van der Waals surface area contributed by atoms with Crippen LogP contribution in [-0.4, -0.2) is 28.5 Å². The molecule has 1 heterocycles. The molecule has 0 atom stereocenters. The third-order valence-corrected chi connectivity index (χ3v) is 5.46. The number of likely N-dealkylation sites (N-methyl/N-ethyl adjacent to an activating group) is 1. The number of amides is 1. The Hall–Kier alpha value is -2.54. The third kappa shape index (κ3) is 2.82. The van der Waals surface area contributed by atoms with Gasteiger partial charge in [-0.2, -0.15) is 0 Å². The Morgan fingerprint density at radius 3 is 2.58 bits per heavy atom. The van der Waals surface area contributed by atoms with E-state index in [1.165, 1.54) is 11.0 Å². The van der Waals surface area contributed by atoms with Crippen molar-refractivity contribution in [2.75, 3.05) is 23.8 Å². The normalized spacial score (nSPS) is 13.8. The second-order valence-corrected chi connectivity index (χ2v) is 7.39. The van der Waals surface area contributed by atoms with Crippen molar-refractivity contribution in [2.45, 2.75) is 18.2 Å². The van der Waals surface area contributed by atoms with E-state index in [0.717, 1.165) is 16.8 Å². The van der Waals surface area contributed by atoms with Gasteiger partial charge in [0.15, 0.2) is 0 Å². The lowest BCUT2D eigenvalue weighted by Crippen LogP contribution is -2.20. The zero-order chi connectivity index (χ0) is 17.5. The minimum absolute atomic E-state index is 0.0433. The molecule has 126 valence electrons. The number of fused-ring (bicyclic) bond motifs is 1. The van der Waals surface area contributed by atoms with Gasteiger partial charge in [0, 0.05) is 18.4 Å². The Morgan fingerprint density at radius 1 is 1.17 bits per heavy atom. The largest absolute Gasteiger partial charge is 0.496 e. The highest BCUT2D eigenvalue weighted by molar-refractivity contribution is 7.92. The highest BCUT2D eigenvalue weighted by atomic mass is 32.2. The van der Waals surface area contributed by atoms with Crippen LogP contribution in [0.1, 0.15) is 11.1 Å². The van der Waals surface area contributed by atoms with E-state index in [0.29, 0.717) is 11.4 Å². The quantitative estimate of drug-likeness (QED) is 0.922. The van der Waals surface area contributed by atoms with Gasteiger partial charge in [-0.3, -0.25) is 9.52 Å². The van der Waals surface area contributed by atoms with Gasteiger partial charge in [-0.15, -0.1) is 0 Å². The number of rotatable bonds is 4. The third-order valence-electron chi connectivity index (χ3n) is 4.09. The molecule has 0 spiro atoms. The highest BCUT2D eigenvalue weighted by Crippen LogP contribution is 2.30. The Morgan fingerprint density at radius 2 is 1.92 bits per heavy atom. The van der Waals surface area contributed by atoms with E-state index in [2.05, 4.69) is 4.72 Å². The van der Waals surface area contributed by atoms with Crippen molar-refractivity contribution in [1.29, 1.82) is 0 Å². The minimum Gasteiger partial charge on any atom is -0.496 e. The molecule has 0 radical (unpaired) electrons. The van der Waals surface area contributed by atoms with Crippen molar-refractivity contribution in [1.82, 2.24) is 0 Å². The maximum absolute atomic E-state index is 12.6. The first-order valence-electron chi connectivity index (χ1n) is 7.39. The van der Waals surface area contributed by atoms with Gasteiger partial charge < -0.3 is 9.64 Å². The smallest absolute Gasteiger partial charge is 0.261 e. The second kappa shape index (κ2) is 5.83. The fourth-order valence-electron chi connectivity index (χ4n) is 2.77. The number of nitrogens with zero attached hydrogens (tertiary/aromatic N) is 1. The van der Waals surface area contributed by atoms with E-state index in [-0.39, 0.29) is 17.2 Å². The summed E-state index contributed by atoms with van der Waals surface area (Å²) in [6, 6.07) is 9.79. The monoisotopic (exact) mass is 346 g/mol. The van der Waals surface area contributed by atoms with Crippen LogP contribution >= 0.6 is 0 Å². The summed E-state index contributed by atoms with van der Waals surface area (Å²) >= 11 is 0. The molecule has 0 unspecified atom stereocenters. The second-order valence-electron chi connectivity index (χ2n) is 5.71. The molecule has 0 saturated heterocycles. The van der Waals surface area contributed by atoms with Crippen LogP contribution < -0.4 is 14.4 Å². The maximum atomic E-state index is 12.6. The standard InChI is InChI=1S/C17H18N2O4S/c1-11-8-13(4-7-16(11)23-3)18-24(21,22)14-5-6-15-12(9-14)10-17(20)19(15)2/h4-9,18H,10H2,1-3H3. The number of aryl methyl sites for hydroxylation is 1. The van der Waals surface area contributed by atoms with Gasteiger partial charge in [0.05, 0.1) is 18.4 Å². The molecular formula is C17H18N2O4S. The molecule has 7 heteroatoms. The summed E-state index contributed by atoms with van der Waals surface area (Å²) in [4.78, 5) is 13.4. The zero-order valence-corrected chi connectivity index (χ0v) is 14.5. The molecule has 0 saturated carbocycles. The topological polar surface area (TPSA) is 75.7 Å². The lowest BCUT2D eigenvalue weighted by Gasteiger charge is -2.13. The van der Waals surface area contributed by atoms with E-state index >= 15 is 0 Å². The van der Waals surface area contributed by atoms with Gasteiger partial charge in [0.25, 0.3) is 10.0 Å². The molecule has 2 aromatic rings. The van der Waals surface area contributed by atoms with Crippen molar-refractivity contribution in [3.8, 4) is 5.75 Å². The van der Waals surface area contributed by atoms with E-state index in [1.54, 1.807) is 44.5 Å². The number of carbonyl (C=O) groups excluding carboxylic acids is 1.